The summed E-state index contributed by atoms with van der Waals surface area (Å²) in [6, 6.07) is 10.8. The number of nitrogens with zero attached hydrogens (tertiary/aromatic N) is 2. The Hall–Kier alpha value is -1.82. The first-order valence-corrected chi connectivity index (χ1v) is 6.79. The van der Waals surface area contributed by atoms with E-state index in [4.69, 9.17) is 4.18 Å². The quantitative estimate of drug-likeness (QED) is 0.777. The molecule has 0 saturated carbocycles. The number of aryl methyl sites for hydroxylation is 1. The summed E-state index contributed by atoms with van der Waals surface area (Å²) >= 11 is 0. The molecule has 0 saturated heterocycles. The van der Waals surface area contributed by atoms with E-state index in [1.54, 1.807) is 13.0 Å². The maximum atomic E-state index is 11.1. The Bertz CT molecular complexity index is 617. The van der Waals surface area contributed by atoms with Crippen LogP contribution in [0.4, 0.5) is 0 Å². The van der Waals surface area contributed by atoms with Crippen LogP contribution in [0.2, 0.25) is 0 Å². The van der Waals surface area contributed by atoms with Crippen molar-refractivity contribution in [3.05, 3.63) is 42.1 Å². The van der Waals surface area contributed by atoms with Crippen molar-refractivity contribution in [2.45, 2.75) is 6.92 Å². The van der Waals surface area contributed by atoms with Crippen molar-refractivity contribution in [1.82, 2.24) is 9.78 Å². The van der Waals surface area contributed by atoms with Crippen molar-refractivity contribution in [2.75, 3.05) is 6.26 Å². The fraction of sp³-hybridized carbons (Fsp3) is 0.182. The normalized spacial score (nSPS) is 11.4. The van der Waals surface area contributed by atoms with Crippen LogP contribution in [0.5, 0.6) is 5.88 Å². The van der Waals surface area contributed by atoms with Crippen molar-refractivity contribution < 1.29 is 12.6 Å². The molecule has 0 fully saturated rings. The maximum absolute atomic E-state index is 11.1. The molecular formula is C11H12N2O3S. The van der Waals surface area contributed by atoms with E-state index in [1.165, 1.54) is 4.68 Å². The summed E-state index contributed by atoms with van der Waals surface area (Å²) in [6.07, 6.45) is 1.00. The molecule has 0 aliphatic rings. The molecule has 1 heterocycles. The lowest BCUT2D eigenvalue weighted by molar-refractivity contribution is 0.471. The molecule has 0 spiro atoms. The summed E-state index contributed by atoms with van der Waals surface area (Å²) in [7, 11) is -3.56. The first kappa shape index (κ1) is 11.7. The van der Waals surface area contributed by atoms with Gasteiger partial charge < -0.3 is 4.18 Å². The zero-order valence-corrected chi connectivity index (χ0v) is 10.3. The molecule has 0 radical (unpaired) electrons. The van der Waals surface area contributed by atoms with E-state index in [1.807, 2.05) is 30.3 Å². The summed E-state index contributed by atoms with van der Waals surface area (Å²) in [5.41, 5.74) is 1.44. The van der Waals surface area contributed by atoms with Gasteiger partial charge in [-0.1, -0.05) is 18.2 Å². The molecule has 90 valence electrons. The first-order valence-electron chi connectivity index (χ1n) is 4.97. The molecular weight excluding hydrogens is 240 g/mol. The number of benzene rings is 1. The Kier molecular flexibility index (Phi) is 2.89. The second-order valence-corrected chi connectivity index (χ2v) is 5.23. The molecule has 0 unspecified atom stereocenters. The van der Waals surface area contributed by atoms with E-state index >= 15 is 0 Å². The van der Waals surface area contributed by atoms with Gasteiger partial charge in [0.15, 0.2) is 0 Å². The van der Waals surface area contributed by atoms with Crippen molar-refractivity contribution in [3.63, 3.8) is 0 Å². The number of rotatable bonds is 3. The molecule has 0 bridgehead atoms. The molecule has 1 aromatic heterocycles. The number of para-hydroxylation sites is 1. The third-order valence-electron chi connectivity index (χ3n) is 2.04. The van der Waals surface area contributed by atoms with E-state index in [0.717, 1.165) is 11.9 Å². The van der Waals surface area contributed by atoms with Gasteiger partial charge in [-0.2, -0.15) is 18.2 Å². The van der Waals surface area contributed by atoms with Gasteiger partial charge in [-0.25, -0.2) is 0 Å². The molecule has 2 aromatic rings. The van der Waals surface area contributed by atoms with E-state index in [-0.39, 0.29) is 5.88 Å². The van der Waals surface area contributed by atoms with Crippen molar-refractivity contribution in [2.24, 2.45) is 0 Å². The minimum Gasteiger partial charge on any atom is -0.362 e. The second-order valence-electron chi connectivity index (χ2n) is 3.66. The van der Waals surface area contributed by atoms with Crippen LogP contribution >= 0.6 is 0 Å². The van der Waals surface area contributed by atoms with Crippen LogP contribution in [0.15, 0.2) is 36.4 Å². The minimum absolute atomic E-state index is 0.191. The summed E-state index contributed by atoms with van der Waals surface area (Å²) < 4.78 is 28.6. The third-order valence-corrected chi connectivity index (χ3v) is 2.51. The van der Waals surface area contributed by atoms with Crippen LogP contribution in [0.1, 0.15) is 5.69 Å². The van der Waals surface area contributed by atoms with Crippen LogP contribution in [0.3, 0.4) is 0 Å². The highest BCUT2D eigenvalue weighted by Gasteiger charge is 2.13. The van der Waals surface area contributed by atoms with Crippen molar-refractivity contribution >= 4 is 10.1 Å². The van der Waals surface area contributed by atoms with Gasteiger partial charge in [-0.3, -0.25) is 0 Å². The predicted molar refractivity (Wildman–Crippen MR) is 63.8 cm³/mol. The Labute approximate surface area is 99.8 Å². The van der Waals surface area contributed by atoms with Crippen molar-refractivity contribution in [3.8, 4) is 11.6 Å². The third kappa shape index (κ3) is 2.85. The largest absolute Gasteiger partial charge is 0.362 e. The summed E-state index contributed by atoms with van der Waals surface area (Å²) in [4.78, 5) is 0. The van der Waals surface area contributed by atoms with Crippen LogP contribution in [-0.2, 0) is 10.1 Å². The van der Waals surface area contributed by atoms with Gasteiger partial charge in [0.25, 0.3) is 0 Å². The van der Waals surface area contributed by atoms with E-state index in [9.17, 15) is 8.42 Å². The van der Waals surface area contributed by atoms with Crippen LogP contribution in [0, 0.1) is 6.92 Å². The second kappa shape index (κ2) is 4.21. The van der Waals surface area contributed by atoms with Gasteiger partial charge in [0.05, 0.1) is 17.6 Å². The Morgan fingerprint density at radius 2 is 1.88 bits per heavy atom. The molecule has 0 N–H and O–H groups in total. The minimum atomic E-state index is -3.56. The molecule has 5 nitrogen and oxygen atoms in total. The monoisotopic (exact) mass is 252 g/mol. The summed E-state index contributed by atoms with van der Waals surface area (Å²) in [6.45, 7) is 1.77. The SMILES string of the molecule is Cc1cc(OS(C)(=O)=O)n(-c2ccccc2)n1. The number of aromatic nitrogens is 2. The van der Waals surface area contributed by atoms with Crippen LogP contribution in [0.25, 0.3) is 5.69 Å². The fourth-order valence-corrected chi connectivity index (χ4v) is 1.87. The van der Waals surface area contributed by atoms with Gasteiger partial charge in [0.2, 0.25) is 5.88 Å². The Morgan fingerprint density at radius 3 is 2.47 bits per heavy atom. The van der Waals surface area contributed by atoms with Gasteiger partial charge in [-0.05, 0) is 19.1 Å². The molecule has 0 aliphatic heterocycles. The lowest BCUT2D eigenvalue weighted by atomic mass is 10.3. The Balaban J connectivity index is 2.48. The van der Waals surface area contributed by atoms with Gasteiger partial charge in [0.1, 0.15) is 0 Å². The van der Waals surface area contributed by atoms with E-state index in [0.29, 0.717) is 5.69 Å². The topological polar surface area (TPSA) is 61.2 Å². The lowest BCUT2D eigenvalue weighted by Crippen LogP contribution is -2.09. The lowest BCUT2D eigenvalue weighted by Gasteiger charge is -2.06. The van der Waals surface area contributed by atoms with E-state index < -0.39 is 10.1 Å². The molecule has 0 atom stereocenters. The molecule has 6 heteroatoms. The molecule has 17 heavy (non-hydrogen) atoms. The standard InChI is InChI=1S/C11H12N2O3S/c1-9-8-11(16-17(2,14)15)13(12-9)10-6-4-3-5-7-10/h3-8H,1-2H3. The smallest absolute Gasteiger partial charge is 0.307 e. The zero-order valence-electron chi connectivity index (χ0n) is 9.49. The highest BCUT2D eigenvalue weighted by Crippen LogP contribution is 2.20. The fourth-order valence-electron chi connectivity index (χ4n) is 1.44. The van der Waals surface area contributed by atoms with Crippen LogP contribution < -0.4 is 4.18 Å². The van der Waals surface area contributed by atoms with Gasteiger partial charge >= 0.3 is 10.1 Å². The van der Waals surface area contributed by atoms with Gasteiger partial charge in [-0.15, -0.1) is 0 Å². The first-order chi connectivity index (χ1) is 7.96. The summed E-state index contributed by atoms with van der Waals surface area (Å²) in [5.74, 6) is 0.191. The molecule has 2 rings (SSSR count). The van der Waals surface area contributed by atoms with Crippen molar-refractivity contribution in [1.29, 1.82) is 0 Å². The highest BCUT2D eigenvalue weighted by atomic mass is 32.2. The van der Waals surface area contributed by atoms with Crippen LogP contribution in [-0.4, -0.2) is 24.5 Å². The zero-order chi connectivity index (χ0) is 12.5. The average Bonchev–Trinajstić information content (AvgIpc) is 2.58. The number of hydrogen-bond acceptors (Lipinski definition) is 4. The summed E-state index contributed by atoms with van der Waals surface area (Å²) in [5, 5.41) is 4.19. The van der Waals surface area contributed by atoms with E-state index in [2.05, 4.69) is 5.10 Å². The van der Waals surface area contributed by atoms with Gasteiger partial charge in [0, 0.05) is 6.07 Å². The maximum Gasteiger partial charge on any atom is 0.307 e. The molecule has 0 aliphatic carbocycles. The highest BCUT2D eigenvalue weighted by molar-refractivity contribution is 7.86. The number of hydrogen-bond donors (Lipinski definition) is 0. The average molecular weight is 252 g/mol. The molecule has 1 aromatic carbocycles. The Morgan fingerprint density at radius 1 is 1.24 bits per heavy atom. The predicted octanol–water partition coefficient (Wildman–Crippen LogP) is 1.52. The molecule has 0 amide bonds.